The van der Waals surface area contributed by atoms with Gasteiger partial charge < -0.3 is 27.6 Å². The minimum atomic E-state index is 0.396. The first kappa shape index (κ1) is 45.4. The molecule has 0 aliphatic rings. The van der Waals surface area contributed by atoms with Crippen LogP contribution >= 0.6 is 0 Å². The molecule has 5 heterocycles. The smallest absolute Gasteiger partial charge is 0.212 e. The van der Waals surface area contributed by atoms with Gasteiger partial charge in [-0.2, -0.15) is 5.26 Å². The van der Waals surface area contributed by atoms with Gasteiger partial charge in [-0.25, -0.2) is 4.85 Å². The second-order valence-electron chi connectivity index (χ2n) is 21.0. The van der Waals surface area contributed by atoms with Crippen molar-refractivity contribution in [2.45, 2.75) is 0 Å². The average molecular weight is 1050 g/mol. The van der Waals surface area contributed by atoms with E-state index in [9.17, 15) is 11.8 Å². The molecule has 17 aromatic rings. The first-order chi connectivity index (χ1) is 40.6. The SMILES string of the molecule is [C-]#[N+]c1cc(-n2c3ccc(-n4c5ccccc5c5ccccc54)cc3c3c4oc5ccccc5c4ccc32)c(C#N)cc1-n1c2ccc(N(c3ccccc3)c3ccccc3)cc2c2ccc3c4ccccc4n(-c4ccccc4)c3c21. The molecule has 380 valence electrons. The summed E-state index contributed by atoms with van der Waals surface area (Å²) in [5, 5.41) is 22.2. The summed E-state index contributed by atoms with van der Waals surface area (Å²) in [5.74, 6) is 0. The lowest BCUT2D eigenvalue weighted by Gasteiger charge is -2.25. The molecule has 5 aromatic heterocycles. The van der Waals surface area contributed by atoms with E-state index in [1.165, 1.54) is 10.8 Å². The Hall–Kier alpha value is -11.6. The van der Waals surface area contributed by atoms with Crippen LogP contribution in [0.5, 0.6) is 0 Å². The number of hydrogen-bond donors (Lipinski definition) is 0. The Morgan fingerprint density at radius 1 is 0.366 bits per heavy atom. The zero-order chi connectivity index (χ0) is 54.2. The van der Waals surface area contributed by atoms with Crippen molar-refractivity contribution in [1.29, 1.82) is 5.26 Å². The molecule has 17 rings (SSSR count). The normalized spacial score (nSPS) is 11.9. The van der Waals surface area contributed by atoms with E-state index in [4.69, 9.17) is 4.42 Å². The maximum Gasteiger partial charge on any atom is 0.212 e. The van der Waals surface area contributed by atoms with E-state index in [1.807, 2.05) is 48.5 Å². The molecular weight excluding hydrogens is 1000 g/mol. The summed E-state index contributed by atoms with van der Waals surface area (Å²) in [4.78, 5) is 6.71. The van der Waals surface area contributed by atoms with Gasteiger partial charge in [-0.15, -0.1) is 0 Å². The minimum absolute atomic E-state index is 0.396. The fourth-order valence-electron chi connectivity index (χ4n) is 13.4. The third-order valence-corrected chi connectivity index (χ3v) is 16.8. The van der Waals surface area contributed by atoms with Crippen LogP contribution in [0.1, 0.15) is 5.56 Å². The van der Waals surface area contributed by atoms with Crippen molar-refractivity contribution in [3.05, 3.63) is 278 Å². The predicted octanol–water partition coefficient (Wildman–Crippen LogP) is 19.9. The van der Waals surface area contributed by atoms with Gasteiger partial charge in [0.2, 0.25) is 5.69 Å². The molecule has 0 radical (unpaired) electrons. The molecule has 0 atom stereocenters. The van der Waals surface area contributed by atoms with E-state index < -0.39 is 0 Å². The molecule has 0 spiro atoms. The van der Waals surface area contributed by atoms with Gasteiger partial charge in [-0.3, -0.25) is 0 Å². The molecule has 0 bridgehead atoms. The van der Waals surface area contributed by atoms with Crippen LogP contribution in [0.4, 0.5) is 22.7 Å². The molecule has 0 aliphatic carbocycles. The molecule has 0 saturated heterocycles. The zero-order valence-electron chi connectivity index (χ0n) is 43.9. The van der Waals surface area contributed by atoms with E-state index in [0.717, 1.165) is 127 Å². The van der Waals surface area contributed by atoms with Gasteiger partial charge in [-0.1, -0.05) is 140 Å². The Morgan fingerprint density at radius 2 is 0.890 bits per heavy atom. The van der Waals surface area contributed by atoms with E-state index >= 15 is 0 Å². The first-order valence-corrected chi connectivity index (χ1v) is 27.4. The highest BCUT2D eigenvalue weighted by molar-refractivity contribution is 6.26. The van der Waals surface area contributed by atoms with E-state index in [1.54, 1.807) is 0 Å². The maximum absolute atomic E-state index is 11.7. The number of nitriles is 1. The van der Waals surface area contributed by atoms with Gasteiger partial charge >= 0.3 is 0 Å². The molecule has 0 aliphatic heterocycles. The second-order valence-corrected chi connectivity index (χ2v) is 21.0. The van der Waals surface area contributed by atoms with Crippen LogP contribution in [0.15, 0.2) is 265 Å². The van der Waals surface area contributed by atoms with Crippen molar-refractivity contribution in [3.63, 3.8) is 0 Å². The number of nitrogens with zero attached hydrogens (tertiary/aromatic N) is 7. The van der Waals surface area contributed by atoms with E-state index in [2.05, 4.69) is 246 Å². The van der Waals surface area contributed by atoms with Crippen LogP contribution in [0, 0.1) is 17.9 Å². The highest BCUT2D eigenvalue weighted by atomic mass is 16.3. The third-order valence-electron chi connectivity index (χ3n) is 16.8. The summed E-state index contributed by atoms with van der Waals surface area (Å²) < 4.78 is 16.0. The highest BCUT2D eigenvalue weighted by Gasteiger charge is 2.27. The molecule has 8 nitrogen and oxygen atoms in total. The number of rotatable bonds is 7. The van der Waals surface area contributed by atoms with Crippen molar-refractivity contribution in [2.24, 2.45) is 0 Å². The lowest BCUT2D eigenvalue weighted by Crippen LogP contribution is -2.09. The molecule has 12 aromatic carbocycles. The van der Waals surface area contributed by atoms with Gasteiger partial charge in [0.15, 0.2) is 0 Å². The van der Waals surface area contributed by atoms with Crippen molar-refractivity contribution in [1.82, 2.24) is 18.3 Å². The number of para-hydroxylation sites is 7. The lowest BCUT2D eigenvalue weighted by molar-refractivity contribution is 0.673. The fraction of sp³-hybridized carbons (Fsp3) is 0. The number of furan rings is 1. The molecule has 0 amide bonds. The predicted molar refractivity (Wildman–Crippen MR) is 337 cm³/mol. The highest BCUT2D eigenvalue weighted by Crippen LogP contribution is 2.48. The maximum atomic E-state index is 11.7. The molecule has 0 N–H and O–H groups in total. The number of hydrogen-bond acceptors (Lipinski definition) is 3. The van der Waals surface area contributed by atoms with E-state index in [0.29, 0.717) is 22.6 Å². The van der Waals surface area contributed by atoms with Crippen LogP contribution in [-0.2, 0) is 0 Å². The summed E-state index contributed by atoms with van der Waals surface area (Å²) in [6.07, 6.45) is 0. The Kier molecular flexibility index (Phi) is 9.68. The van der Waals surface area contributed by atoms with Crippen molar-refractivity contribution in [2.75, 3.05) is 4.90 Å². The van der Waals surface area contributed by atoms with Crippen LogP contribution in [0.2, 0.25) is 0 Å². The summed E-state index contributed by atoms with van der Waals surface area (Å²) in [6, 6.07) is 93.8. The minimum Gasteiger partial charge on any atom is -0.455 e. The summed E-state index contributed by atoms with van der Waals surface area (Å²) in [5.41, 5.74) is 16.5. The average Bonchev–Trinajstić information content (AvgIpc) is 4.13. The van der Waals surface area contributed by atoms with Crippen LogP contribution in [0.25, 0.3) is 137 Å². The van der Waals surface area contributed by atoms with Gasteiger partial charge in [0, 0.05) is 76.9 Å². The van der Waals surface area contributed by atoms with Crippen LogP contribution in [-0.4, -0.2) is 18.3 Å². The Morgan fingerprint density at radius 3 is 1.56 bits per heavy atom. The topological polar surface area (TPSA) is 64.2 Å². The first-order valence-electron chi connectivity index (χ1n) is 27.4. The van der Waals surface area contributed by atoms with Crippen molar-refractivity contribution in [3.8, 4) is 28.8 Å². The summed E-state index contributed by atoms with van der Waals surface area (Å²) in [7, 11) is 0. The molecule has 0 saturated carbocycles. The number of anilines is 3. The quantitative estimate of drug-likeness (QED) is 0.149. The Bertz CT molecular complexity index is 5520. The van der Waals surface area contributed by atoms with Gasteiger partial charge in [0.05, 0.1) is 73.0 Å². The van der Waals surface area contributed by atoms with Crippen LogP contribution < -0.4 is 4.90 Å². The Labute approximate surface area is 469 Å². The van der Waals surface area contributed by atoms with Gasteiger partial charge in [0.25, 0.3) is 0 Å². The monoisotopic (exact) mass is 1050 g/mol. The van der Waals surface area contributed by atoms with Crippen LogP contribution in [0.3, 0.4) is 0 Å². The third kappa shape index (κ3) is 6.40. The number of benzene rings is 12. The molecule has 0 unspecified atom stereocenters. The van der Waals surface area contributed by atoms with Gasteiger partial charge in [0.1, 0.15) is 17.2 Å². The largest absolute Gasteiger partial charge is 0.455 e. The van der Waals surface area contributed by atoms with Crippen molar-refractivity contribution >= 4 is 132 Å². The standard InChI is InChI=1S/C74H43N7O/c1-76-61-44-68(80-66-39-34-51(78-62-29-15-11-25-52(62)53-26-12-16-30-63(53)78)43-60(66)71-67(80)40-37-58-55-28-14-18-32-70(55)82-74(58)71)46(45-75)41-69(61)81-65-38-33-50(77(47-19-5-2-6-20-47)48-21-7-3-8-22-48)42-59(65)57-36-35-56-54-27-13-17-31-64(54)79(72(56)73(57)81)49-23-9-4-10-24-49/h2-44H. The molecule has 8 heteroatoms. The van der Waals surface area contributed by atoms with Crippen molar-refractivity contribution < 1.29 is 4.42 Å². The zero-order valence-corrected chi connectivity index (χ0v) is 43.9. The number of aromatic nitrogens is 4. The number of fused-ring (bicyclic) bond motifs is 17. The van der Waals surface area contributed by atoms with E-state index in [-0.39, 0.29) is 0 Å². The fourth-order valence-corrected chi connectivity index (χ4v) is 13.4. The lowest BCUT2D eigenvalue weighted by atomic mass is 10.1. The second kappa shape index (κ2) is 17.5. The summed E-state index contributed by atoms with van der Waals surface area (Å²) >= 11 is 0. The van der Waals surface area contributed by atoms with Gasteiger partial charge in [-0.05, 0) is 121 Å². The Balaban J connectivity index is 0.964. The summed E-state index contributed by atoms with van der Waals surface area (Å²) in [6.45, 7) is 9.19. The molecular formula is C74H43N7O. The molecule has 82 heavy (non-hydrogen) atoms. The molecule has 0 fully saturated rings.